The van der Waals surface area contributed by atoms with Crippen LogP contribution in [0.15, 0.2) is 35.3 Å². The normalized spacial score (nSPS) is 23.7. The first-order valence-corrected chi connectivity index (χ1v) is 12.2. The second-order valence-corrected chi connectivity index (χ2v) is 9.64. The maximum Gasteiger partial charge on any atom is 0.263 e. The molecule has 11 heteroatoms. The Kier molecular flexibility index (Phi) is 5.90. The van der Waals surface area contributed by atoms with Crippen LogP contribution >= 0.6 is 0 Å². The van der Waals surface area contributed by atoms with Crippen molar-refractivity contribution in [3.8, 4) is 5.75 Å². The Morgan fingerprint density at radius 3 is 2.97 bits per heavy atom. The van der Waals surface area contributed by atoms with Gasteiger partial charge in [-0.2, -0.15) is 0 Å². The number of nitrogens with one attached hydrogen (secondary N) is 2. The zero-order valence-corrected chi connectivity index (χ0v) is 19.6. The van der Waals surface area contributed by atoms with Crippen molar-refractivity contribution < 1.29 is 19.0 Å². The molecule has 3 aliphatic rings. The van der Waals surface area contributed by atoms with E-state index in [9.17, 15) is 19.1 Å². The Morgan fingerprint density at radius 1 is 1.22 bits per heavy atom. The molecule has 0 aromatic carbocycles. The summed E-state index contributed by atoms with van der Waals surface area (Å²) in [6.45, 7) is 2.26. The van der Waals surface area contributed by atoms with Crippen LogP contribution in [0.1, 0.15) is 30.1 Å². The van der Waals surface area contributed by atoms with Crippen molar-refractivity contribution >= 4 is 22.8 Å². The molecule has 188 valence electrons. The van der Waals surface area contributed by atoms with Crippen molar-refractivity contribution in [2.24, 2.45) is 0 Å². The number of fused-ring (bicyclic) bond motifs is 1. The van der Waals surface area contributed by atoms with E-state index < -0.39 is 6.10 Å². The van der Waals surface area contributed by atoms with Crippen molar-refractivity contribution in [2.45, 2.75) is 44.0 Å². The van der Waals surface area contributed by atoms with Crippen molar-refractivity contribution in [2.75, 3.05) is 31.6 Å². The highest BCUT2D eigenvalue weighted by Gasteiger charge is 2.31. The number of hydrogen-bond acceptors (Lipinski definition) is 8. The van der Waals surface area contributed by atoms with Crippen LogP contribution in [-0.2, 0) is 17.8 Å². The van der Waals surface area contributed by atoms with Crippen LogP contribution in [0.4, 0.5) is 10.2 Å². The molecule has 0 radical (unpaired) electrons. The Hall–Kier alpha value is -3.41. The summed E-state index contributed by atoms with van der Waals surface area (Å²) >= 11 is 0. The van der Waals surface area contributed by atoms with Gasteiger partial charge in [-0.15, -0.1) is 0 Å². The average molecular weight is 495 g/mol. The van der Waals surface area contributed by atoms with Crippen LogP contribution < -0.4 is 20.9 Å². The van der Waals surface area contributed by atoms with E-state index in [1.54, 1.807) is 16.7 Å². The van der Waals surface area contributed by atoms with Crippen LogP contribution in [0.3, 0.4) is 0 Å². The van der Waals surface area contributed by atoms with E-state index in [4.69, 9.17) is 4.74 Å². The highest BCUT2D eigenvalue weighted by Crippen LogP contribution is 2.31. The lowest BCUT2D eigenvalue weighted by atomic mass is 9.96. The monoisotopic (exact) mass is 494 g/mol. The predicted molar refractivity (Wildman–Crippen MR) is 129 cm³/mol. The highest BCUT2D eigenvalue weighted by atomic mass is 19.1. The van der Waals surface area contributed by atoms with Crippen molar-refractivity contribution in [3.63, 3.8) is 0 Å². The Morgan fingerprint density at radius 2 is 2.11 bits per heavy atom. The lowest BCUT2D eigenvalue weighted by Crippen LogP contribution is -2.53. The minimum Gasteiger partial charge on any atom is -0.480 e. The fourth-order valence-electron chi connectivity index (χ4n) is 5.52. The second kappa shape index (κ2) is 9.23. The number of nitrogens with zero attached hydrogens (tertiary/aromatic N) is 4. The van der Waals surface area contributed by atoms with Gasteiger partial charge in [-0.1, -0.05) is 0 Å². The molecule has 3 N–H and O–H groups in total. The SMILES string of the molecule is O=C1COc2ccc(CN[C@H]3CCN(CC4CCc5c(F)cnc6ccc(=O)n4c56)C[C@H]3O)nc2N1. The molecule has 6 heterocycles. The van der Waals surface area contributed by atoms with Gasteiger partial charge in [0.05, 0.1) is 35.1 Å². The molecular weight excluding hydrogens is 467 g/mol. The van der Waals surface area contributed by atoms with Gasteiger partial charge in [-0.05, 0) is 44.0 Å². The first kappa shape index (κ1) is 23.0. The number of anilines is 1. The molecule has 3 aromatic heterocycles. The van der Waals surface area contributed by atoms with Gasteiger partial charge in [0.15, 0.2) is 18.2 Å². The van der Waals surface area contributed by atoms with Crippen molar-refractivity contribution in [1.29, 1.82) is 0 Å². The van der Waals surface area contributed by atoms with E-state index in [0.29, 0.717) is 60.6 Å². The summed E-state index contributed by atoms with van der Waals surface area (Å²) in [6.07, 6.45) is 2.57. The van der Waals surface area contributed by atoms with Gasteiger partial charge < -0.3 is 25.0 Å². The molecule has 3 aromatic rings. The number of carbonyl (C=O) groups is 1. The van der Waals surface area contributed by atoms with E-state index in [1.807, 2.05) is 6.07 Å². The summed E-state index contributed by atoms with van der Waals surface area (Å²) in [5.74, 6) is 0.357. The minimum atomic E-state index is -0.595. The zero-order chi connectivity index (χ0) is 24.8. The number of halogens is 1. The van der Waals surface area contributed by atoms with Crippen LogP contribution in [-0.4, -0.2) is 68.8 Å². The Bertz CT molecular complexity index is 1390. The third-order valence-electron chi connectivity index (χ3n) is 7.30. The molecule has 36 heavy (non-hydrogen) atoms. The molecule has 1 amide bonds. The topological polar surface area (TPSA) is 122 Å². The molecule has 1 fully saturated rings. The quantitative estimate of drug-likeness (QED) is 0.480. The fraction of sp³-hybridized carbons (Fsp3) is 0.440. The summed E-state index contributed by atoms with van der Waals surface area (Å²) < 4.78 is 21.4. The Balaban J connectivity index is 1.10. The first-order valence-electron chi connectivity index (χ1n) is 12.2. The van der Waals surface area contributed by atoms with Gasteiger partial charge in [0.1, 0.15) is 5.82 Å². The summed E-state index contributed by atoms with van der Waals surface area (Å²) in [6, 6.07) is 6.55. The van der Waals surface area contributed by atoms with Gasteiger partial charge in [-0.3, -0.25) is 19.5 Å². The van der Waals surface area contributed by atoms with E-state index in [-0.39, 0.29) is 36.0 Å². The summed E-state index contributed by atoms with van der Waals surface area (Å²) in [5.41, 5.74) is 2.36. The van der Waals surface area contributed by atoms with Gasteiger partial charge in [-0.25, -0.2) is 9.37 Å². The number of piperidine rings is 1. The number of aliphatic hydroxyl groups excluding tert-OH is 1. The minimum absolute atomic E-state index is 0.0119. The molecule has 3 aliphatic heterocycles. The molecule has 1 saturated heterocycles. The van der Waals surface area contributed by atoms with Crippen molar-refractivity contribution in [3.05, 3.63) is 57.9 Å². The number of amides is 1. The summed E-state index contributed by atoms with van der Waals surface area (Å²) in [7, 11) is 0. The number of β-amino-alcohol motifs (C(OH)–C–C–N with tert-alkyl or cyclic N) is 1. The molecule has 0 bridgehead atoms. The number of aliphatic hydroxyl groups is 1. The maximum atomic E-state index is 14.4. The van der Waals surface area contributed by atoms with Gasteiger partial charge in [0.2, 0.25) is 0 Å². The van der Waals surface area contributed by atoms with Crippen LogP contribution in [0.5, 0.6) is 5.75 Å². The zero-order valence-electron chi connectivity index (χ0n) is 19.6. The molecule has 3 atom stereocenters. The highest BCUT2D eigenvalue weighted by molar-refractivity contribution is 5.94. The average Bonchev–Trinajstić information content (AvgIpc) is 2.87. The van der Waals surface area contributed by atoms with E-state index in [1.165, 1.54) is 12.3 Å². The number of pyridine rings is 3. The predicted octanol–water partition coefficient (Wildman–Crippen LogP) is 0.974. The number of carbonyl (C=O) groups excluding carboxylic acids is 1. The van der Waals surface area contributed by atoms with Crippen LogP contribution in [0.2, 0.25) is 0 Å². The van der Waals surface area contributed by atoms with Crippen LogP contribution in [0.25, 0.3) is 11.0 Å². The van der Waals surface area contributed by atoms with Crippen molar-refractivity contribution in [1.82, 2.24) is 24.8 Å². The summed E-state index contributed by atoms with van der Waals surface area (Å²) in [5, 5.41) is 16.9. The second-order valence-electron chi connectivity index (χ2n) is 9.64. The standard InChI is InChI=1S/C25H27FN6O4/c26-17-10-28-19-4-6-23(35)32-15(2-3-16(17)24(19)32)11-31-8-7-18(20(33)12-31)27-9-14-1-5-21-25(29-14)30-22(34)13-36-21/h1,4-6,10,15,18,20,27,33H,2-3,7-9,11-13H2,(H,29,30,34)/t15?,18-,20+/m0/s1. The number of ether oxygens (including phenoxy) is 1. The van der Waals surface area contributed by atoms with Gasteiger partial charge in [0, 0.05) is 37.3 Å². The number of rotatable bonds is 5. The van der Waals surface area contributed by atoms with Gasteiger partial charge >= 0.3 is 0 Å². The maximum absolute atomic E-state index is 14.4. The molecule has 0 saturated carbocycles. The third kappa shape index (κ3) is 4.23. The number of hydrogen-bond donors (Lipinski definition) is 3. The van der Waals surface area contributed by atoms with E-state index in [2.05, 4.69) is 25.5 Å². The van der Waals surface area contributed by atoms with Crippen LogP contribution in [0, 0.1) is 5.82 Å². The fourth-order valence-corrected chi connectivity index (χ4v) is 5.52. The third-order valence-corrected chi connectivity index (χ3v) is 7.30. The molecule has 0 aliphatic carbocycles. The Labute approximate surface area is 206 Å². The molecule has 1 unspecified atom stereocenters. The lowest BCUT2D eigenvalue weighted by Gasteiger charge is -2.39. The molecule has 10 nitrogen and oxygen atoms in total. The van der Waals surface area contributed by atoms with E-state index >= 15 is 0 Å². The molecule has 0 spiro atoms. The lowest BCUT2D eigenvalue weighted by molar-refractivity contribution is -0.118. The number of aromatic nitrogens is 3. The molecular formula is C25H27FN6O4. The largest absolute Gasteiger partial charge is 0.480 e. The number of likely N-dealkylation sites (tertiary alicyclic amines) is 1. The van der Waals surface area contributed by atoms with E-state index in [0.717, 1.165) is 18.7 Å². The summed E-state index contributed by atoms with van der Waals surface area (Å²) in [4.78, 5) is 35.1. The number of aryl methyl sites for hydroxylation is 1. The molecule has 6 rings (SSSR count). The van der Waals surface area contributed by atoms with Gasteiger partial charge in [0.25, 0.3) is 11.5 Å². The first-order chi connectivity index (χ1) is 17.5. The smallest absolute Gasteiger partial charge is 0.263 e.